The summed E-state index contributed by atoms with van der Waals surface area (Å²) >= 11 is 0. The largest absolute Gasteiger partial charge is 0.355 e. The number of benzene rings is 3. The molecule has 0 bridgehead atoms. The highest BCUT2D eigenvalue weighted by molar-refractivity contribution is 5.95. The third-order valence-electron chi connectivity index (χ3n) is 7.24. The number of fused-ring (bicyclic) bond motifs is 1. The van der Waals surface area contributed by atoms with Crippen LogP contribution in [0.5, 0.6) is 0 Å². The molecule has 5 rings (SSSR count). The maximum Gasteiger partial charge on any atom is 0.277 e. The smallest absolute Gasteiger partial charge is 0.277 e. The number of carbonyl (C=O) groups excluding carboxylic acids is 2. The number of hydrogen-bond donors (Lipinski definition) is 3. The molecule has 0 aliphatic rings. The van der Waals surface area contributed by atoms with Gasteiger partial charge in [-0.05, 0) is 74.5 Å². The maximum absolute atomic E-state index is 13.9. The van der Waals surface area contributed by atoms with E-state index in [9.17, 15) is 18.8 Å². The van der Waals surface area contributed by atoms with Crippen molar-refractivity contribution in [2.24, 2.45) is 0 Å². The second-order valence-electron chi connectivity index (χ2n) is 10.1. The molecule has 214 valence electrons. The predicted molar refractivity (Wildman–Crippen MR) is 162 cm³/mol. The Kier molecular flexibility index (Phi) is 7.99. The van der Waals surface area contributed by atoms with E-state index in [1.54, 1.807) is 51.4 Å². The van der Waals surface area contributed by atoms with Gasteiger partial charge in [-0.15, -0.1) is 0 Å². The first-order valence-electron chi connectivity index (χ1n) is 13.5. The van der Waals surface area contributed by atoms with Crippen LogP contribution < -0.4 is 21.5 Å². The van der Waals surface area contributed by atoms with Crippen LogP contribution in [0.4, 0.5) is 10.1 Å². The van der Waals surface area contributed by atoms with E-state index in [1.807, 2.05) is 42.0 Å². The Morgan fingerprint density at radius 3 is 2.57 bits per heavy atom. The normalized spacial score (nSPS) is 11.8. The topological polar surface area (TPSA) is 110 Å². The molecule has 9 nitrogen and oxygen atoms in total. The lowest BCUT2D eigenvalue weighted by molar-refractivity contribution is -0.117. The Morgan fingerprint density at radius 2 is 1.81 bits per heavy atom. The predicted octanol–water partition coefficient (Wildman–Crippen LogP) is 4.26. The SMILES string of the molecule is CNC(=O)c1cccc(-c2ncc(NC(=O)[C@H](C)NC)c(=O)n2Cc2cccc(-n3cc(C)c4cc(F)ccc43)c2)c1. The molecule has 0 saturated heterocycles. The zero-order valence-corrected chi connectivity index (χ0v) is 23.7. The standard InChI is InChI=1S/C32H31FN6O3/c1-19-17-38(28-12-11-24(33)15-26(19)28)25-10-5-7-21(13-25)18-39-29(22-8-6-9-23(14-22)31(41)35-4)36-16-27(32(39)42)37-30(40)20(2)34-3/h5-17,20,34H,18H2,1-4H3,(H,35,41)(H,37,40)/t20-/m0/s1. The Bertz CT molecular complexity index is 1880. The Hall–Kier alpha value is -5.09. The molecule has 5 aromatic rings. The lowest BCUT2D eigenvalue weighted by Crippen LogP contribution is -2.38. The third-order valence-corrected chi connectivity index (χ3v) is 7.24. The Morgan fingerprint density at radius 1 is 1.02 bits per heavy atom. The van der Waals surface area contributed by atoms with Crippen molar-refractivity contribution in [3.8, 4) is 17.1 Å². The molecule has 1 atom stereocenters. The molecule has 3 aromatic carbocycles. The van der Waals surface area contributed by atoms with E-state index in [4.69, 9.17) is 0 Å². The van der Waals surface area contributed by atoms with E-state index in [1.165, 1.54) is 22.9 Å². The molecule has 42 heavy (non-hydrogen) atoms. The number of hydrogen-bond acceptors (Lipinski definition) is 5. The number of anilines is 1. The van der Waals surface area contributed by atoms with E-state index < -0.39 is 11.6 Å². The van der Waals surface area contributed by atoms with E-state index in [-0.39, 0.29) is 29.9 Å². The number of amides is 2. The molecule has 0 spiro atoms. The molecule has 2 aromatic heterocycles. The summed E-state index contributed by atoms with van der Waals surface area (Å²) in [5.74, 6) is -0.593. The summed E-state index contributed by atoms with van der Waals surface area (Å²) in [6.07, 6.45) is 3.29. The van der Waals surface area contributed by atoms with Gasteiger partial charge in [-0.2, -0.15) is 0 Å². The van der Waals surface area contributed by atoms with Crippen LogP contribution in [-0.2, 0) is 11.3 Å². The lowest BCUT2D eigenvalue weighted by atomic mass is 10.1. The minimum Gasteiger partial charge on any atom is -0.355 e. The van der Waals surface area contributed by atoms with Crippen LogP contribution >= 0.6 is 0 Å². The van der Waals surface area contributed by atoms with Gasteiger partial charge < -0.3 is 20.5 Å². The van der Waals surface area contributed by atoms with Crippen LogP contribution in [0, 0.1) is 12.7 Å². The van der Waals surface area contributed by atoms with Gasteiger partial charge in [0.05, 0.1) is 24.3 Å². The highest BCUT2D eigenvalue weighted by atomic mass is 19.1. The van der Waals surface area contributed by atoms with Crippen molar-refractivity contribution in [3.63, 3.8) is 0 Å². The molecule has 0 aliphatic heterocycles. The summed E-state index contributed by atoms with van der Waals surface area (Å²) in [4.78, 5) is 43.3. The maximum atomic E-state index is 13.9. The van der Waals surface area contributed by atoms with Gasteiger partial charge in [0.1, 0.15) is 17.3 Å². The molecule has 2 amide bonds. The third kappa shape index (κ3) is 5.57. The molecular weight excluding hydrogens is 535 g/mol. The minimum absolute atomic E-state index is 0.0403. The number of likely N-dealkylation sites (N-methyl/N-ethyl adjacent to an activating group) is 1. The van der Waals surface area contributed by atoms with Gasteiger partial charge >= 0.3 is 0 Å². The fourth-order valence-corrected chi connectivity index (χ4v) is 4.84. The molecule has 2 heterocycles. The molecule has 0 unspecified atom stereocenters. The fraction of sp³-hybridized carbons (Fsp3) is 0.188. The van der Waals surface area contributed by atoms with Crippen LogP contribution in [0.25, 0.3) is 28.0 Å². The number of nitrogens with zero attached hydrogens (tertiary/aromatic N) is 3. The zero-order chi connectivity index (χ0) is 30.0. The van der Waals surface area contributed by atoms with Crippen molar-refractivity contribution >= 4 is 28.4 Å². The van der Waals surface area contributed by atoms with Crippen LogP contribution in [0.3, 0.4) is 0 Å². The number of aryl methyl sites for hydroxylation is 1. The molecular formula is C32H31FN6O3. The van der Waals surface area contributed by atoms with Crippen molar-refractivity contribution in [3.05, 3.63) is 112 Å². The molecule has 10 heteroatoms. The highest BCUT2D eigenvalue weighted by Gasteiger charge is 2.18. The zero-order valence-electron chi connectivity index (χ0n) is 23.7. The van der Waals surface area contributed by atoms with Gasteiger partial charge in [0.2, 0.25) is 5.91 Å². The summed E-state index contributed by atoms with van der Waals surface area (Å²) in [5, 5.41) is 8.95. The molecule has 3 N–H and O–H groups in total. The summed E-state index contributed by atoms with van der Waals surface area (Å²) < 4.78 is 17.4. The monoisotopic (exact) mass is 566 g/mol. The van der Waals surface area contributed by atoms with Gasteiger partial charge in [-0.25, -0.2) is 9.37 Å². The van der Waals surface area contributed by atoms with Crippen LogP contribution in [0.2, 0.25) is 0 Å². The summed E-state index contributed by atoms with van der Waals surface area (Å²) in [5.41, 5.74) is 4.03. The van der Waals surface area contributed by atoms with E-state index >= 15 is 0 Å². The number of halogens is 1. The van der Waals surface area contributed by atoms with Crippen LogP contribution in [-0.4, -0.2) is 46.1 Å². The van der Waals surface area contributed by atoms with Crippen LogP contribution in [0.15, 0.2) is 83.9 Å². The van der Waals surface area contributed by atoms with Crippen molar-refractivity contribution in [2.45, 2.75) is 26.4 Å². The molecule has 0 aliphatic carbocycles. The summed E-state index contributed by atoms with van der Waals surface area (Å²) in [6, 6.07) is 18.7. The Balaban J connectivity index is 1.60. The fourth-order valence-electron chi connectivity index (χ4n) is 4.84. The molecule has 0 radical (unpaired) electrons. The van der Waals surface area contributed by atoms with Gasteiger partial charge in [-0.1, -0.05) is 24.3 Å². The van der Waals surface area contributed by atoms with Gasteiger partial charge in [0.15, 0.2) is 0 Å². The second-order valence-corrected chi connectivity index (χ2v) is 10.1. The van der Waals surface area contributed by atoms with Gasteiger partial charge in [0.25, 0.3) is 11.5 Å². The number of nitrogens with one attached hydrogen (secondary N) is 3. The quantitative estimate of drug-likeness (QED) is 0.260. The lowest BCUT2D eigenvalue weighted by Gasteiger charge is -2.17. The van der Waals surface area contributed by atoms with Crippen LogP contribution in [0.1, 0.15) is 28.4 Å². The average Bonchev–Trinajstić information content (AvgIpc) is 3.33. The first-order chi connectivity index (χ1) is 20.2. The van der Waals surface area contributed by atoms with E-state index in [0.717, 1.165) is 27.7 Å². The second kappa shape index (κ2) is 11.8. The molecule has 0 saturated carbocycles. The average molecular weight is 567 g/mol. The van der Waals surface area contributed by atoms with Crippen molar-refractivity contribution in [1.29, 1.82) is 0 Å². The number of rotatable bonds is 8. The minimum atomic E-state index is -0.522. The van der Waals surface area contributed by atoms with E-state index in [0.29, 0.717) is 17.0 Å². The van der Waals surface area contributed by atoms with Gasteiger partial charge in [0, 0.05) is 35.4 Å². The summed E-state index contributed by atoms with van der Waals surface area (Å²) in [6.45, 7) is 3.76. The first kappa shape index (κ1) is 28.4. The highest BCUT2D eigenvalue weighted by Crippen LogP contribution is 2.26. The summed E-state index contributed by atoms with van der Waals surface area (Å²) in [7, 11) is 3.20. The number of carbonyl (C=O) groups is 2. The Labute approximate surface area is 242 Å². The van der Waals surface area contributed by atoms with Gasteiger partial charge in [-0.3, -0.25) is 19.0 Å². The van der Waals surface area contributed by atoms with Crippen molar-refractivity contribution in [1.82, 2.24) is 24.8 Å². The van der Waals surface area contributed by atoms with E-state index in [2.05, 4.69) is 20.9 Å². The molecule has 0 fully saturated rings. The number of aromatic nitrogens is 3. The van der Waals surface area contributed by atoms with Crippen molar-refractivity contribution in [2.75, 3.05) is 19.4 Å². The first-order valence-corrected chi connectivity index (χ1v) is 13.5. The van der Waals surface area contributed by atoms with Crippen molar-refractivity contribution < 1.29 is 14.0 Å².